The molecule has 3 heterocycles. The lowest BCUT2D eigenvalue weighted by molar-refractivity contribution is -0.133. The van der Waals surface area contributed by atoms with Crippen molar-refractivity contribution in [3.05, 3.63) is 24.3 Å². The quantitative estimate of drug-likeness (QED) is 0.563. The zero-order valence-corrected chi connectivity index (χ0v) is 17.4. The highest BCUT2D eigenvalue weighted by Crippen LogP contribution is 2.43. The molecule has 5 rings (SSSR count). The van der Waals surface area contributed by atoms with Gasteiger partial charge in [0, 0.05) is 76.2 Å². The Kier molecular flexibility index (Phi) is 5.39. The third-order valence-electron chi connectivity index (χ3n) is 7.25. The van der Waals surface area contributed by atoms with Crippen molar-refractivity contribution in [1.82, 2.24) is 15.1 Å². The number of piperazine rings is 1. The minimum atomic E-state index is -0.339. The molecule has 2 unspecified atom stereocenters. The van der Waals surface area contributed by atoms with Gasteiger partial charge in [-0.1, -0.05) is 0 Å². The van der Waals surface area contributed by atoms with Crippen LogP contribution in [0.4, 0.5) is 11.4 Å². The molecule has 162 valence electrons. The number of hydrogen-bond acceptors (Lipinski definition) is 7. The lowest BCUT2D eigenvalue weighted by Crippen LogP contribution is -2.48. The number of rotatable bonds is 6. The molecule has 1 aromatic carbocycles. The highest BCUT2D eigenvalue weighted by atomic mass is 16.2. The van der Waals surface area contributed by atoms with Crippen LogP contribution >= 0.6 is 0 Å². The van der Waals surface area contributed by atoms with E-state index in [2.05, 4.69) is 37.5 Å². The summed E-state index contributed by atoms with van der Waals surface area (Å²) in [6.45, 7) is 8.98. The minimum Gasteiger partial charge on any atom is -0.374 e. The molecule has 4 aliphatic rings. The molecule has 0 radical (unpaired) electrons. The minimum absolute atomic E-state index is 0.186. The maximum absolute atomic E-state index is 11.9. The van der Waals surface area contributed by atoms with E-state index in [1.807, 2.05) is 12.1 Å². The molecule has 0 bridgehead atoms. The second-order valence-electron chi connectivity index (χ2n) is 9.19. The number of amides is 2. The molecule has 1 aliphatic carbocycles. The lowest BCUT2D eigenvalue weighted by atomic mass is 10.1. The Morgan fingerprint density at radius 2 is 1.63 bits per heavy atom. The SMILES string of the molecule is NC1[C@H]2CN(CCN3CCN(c4ccc(NC5CCC(=O)NC5=O)cc4)CC3)C[C@@H]12. The van der Waals surface area contributed by atoms with Crippen LogP contribution in [0, 0.1) is 11.8 Å². The highest BCUT2D eigenvalue weighted by molar-refractivity contribution is 6.01. The van der Waals surface area contributed by atoms with Gasteiger partial charge in [0.25, 0.3) is 0 Å². The number of nitrogens with two attached hydrogens (primary N) is 1. The fraction of sp³-hybridized carbons (Fsp3) is 0.636. The fourth-order valence-corrected chi connectivity index (χ4v) is 5.16. The largest absolute Gasteiger partial charge is 0.374 e. The van der Waals surface area contributed by atoms with E-state index in [9.17, 15) is 9.59 Å². The van der Waals surface area contributed by atoms with E-state index in [0.29, 0.717) is 18.9 Å². The van der Waals surface area contributed by atoms with Crippen molar-refractivity contribution in [1.29, 1.82) is 0 Å². The van der Waals surface area contributed by atoms with E-state index >= 15 is 0 Å². The van der Waals surface area contributed by atoms with Crippen LogP contribution in [0.2, 0.25) is 0 Å². The van der Waals surface area contributed by atoms with Crippen molar-refractivity contribution in [2.45, 2.75) is 24.9 Å². The van der Waals surface area contributed by atoms with Crippen LogP contribution in [-0.2, 0) is 9.59 Å². The predicted molar refractivity (Wildman–Crippen MR) is 116 cm³/mol. The van der Waals surface area contributed by atoms with Crippen LogP contribution in [-0.4, -0.2) is 86.1 Å². The monoisotopic (exact) mass is 412 g/mol. The molecular weight excluding hydrogens is 380 g/mol. The number of carbonyl (C=O) groups is 2. The van der Waals surface area contributed by atoms with E-state index in [1.165, 1.54) is 25.3 Å². The average Bonchev–Trinajstić information content (AvgIpc) is 3.15. The molecule has 30 heavy (non-hydrogen) atoms. The lowest BCUT2D eigenvalue weighted by Gasteiger charge is -2.37. The number of benzene rings is 1. The van der Waals surface area contributed by atoms with Crippen molar-refractivity contribution in [3.63, 3.8) is 0 Å². The molecule has 1 saturated carbocycles. The van der Waals surface area contributed by atoms with Gasteiger partial charge in [-0.25, -0.2) is 0 Å². The molecule has 2 amide bonds. The Bertz CT molecular complexity index is 779. The smallest absolute Gasteiger partial charge is 0.249 e. The number of carbonyl (C=O) groups excluding carboxylic acids is 2. The Hall–Kier alpha value is -2.16. The maximum Gasteiger partial charge on any atom is 0.249 e. The fourth-order valence-electron chi connectivity index (χ4n) is 5.16. The molecule has 8 heteroatoms. The number of nitrogens with zero attached hydrogens (tertiary/aromatic N) is 3. The van der Waals surface area contributed by atoms with Gasteiger partial charge in [-0.15, -0.1) is 0 Å². The standard InChI is InChI=1S/C22H32N6O2/c23-21-17-13-27(14-18(17)21)8-7-26-9-11-28(12-10-26)16-3-1-15(2-4-16)24-19-5-6-20(29)25-22(19)30/h1-4,17-19,21,24H,5-14,23H2,(H,25,29,30)/t17-,18+,19?,21?. The molecule has 0 aromatic heterocycles. The molecule has 4 N–H and O–H groups in total. The number of nitrogens with one attached hydrogen (secondary N) is 2. The van der Waals surface area contributed by atoms with Gasteiger partial charge in [0.1, 0.15) is 6.04 Å². The molecule has 0 spiro atoms. The highest BCUT2D eigenvalue weighted by Gasteiger charge is 2.53. The Morgan fingerprint density at radius 3 is 2.30 bits per heavy atom. The normalized spacial score (nSPS) is 32.1. The van der Waals surface area contributed by atoms with E-state index in [4.69, 9.17) is 5.73 Å². The number of likely N-dealkylation sites (tertiary alicyclic amines) is 1. The summed E-state index contributed by atoms with van der Waals surface area (Å²) in [5.41, 5.74) is 8.17. The van der Waals surface area contributed by atoms with E-state index < -0.39 is 0 Å². The van der Waals surface area contributed by atoms with Crippen molar-refractivity contribution in [3.8, 4) is 0 Å². The van der Waals surface area contributed by atoms with E-state index in [0.717, 1.165) is 50.2 Å². The molecular formula is C22H32N6O2. The van der Waals surface area contributed by atoms with Crippen molar-refractivity contribution in [2.75, 3.05) is 62.6 Å². The van der Waals surface area contributed by atoms with Crippen molar-refractivity contribution < 1.29 is 9.59 Å². The van der Waals surface area contributed by atoms with Crippen LogP contribution in [0.1, 0.15) is 12.8 Å². The summed E-state index contributed by atoms with van der Waals surface area (Å²) in [4.78, 5) is 30.8. The van der Waals surface area contributed by atoms with Gasteiger partial charge in [-0.2, -0.15) is 0 Å². The number of imide groups is 1. The molecule has 3 aliphatic heterocycles. The first-order valence-electron chi connectivity index (χ1n) is 11.2. The van der Waals surface area contributed by atoms with Gasteiger partial charge < -0.3 is 20.9 Å². The summed E-state index contributed by atoms with van der Waals surface area (Å²) in [7, 11) is 0. The molecule has 4 fully saturated rings. The number of piperidine rings is 2. The second kappa shape index (κ2) is 8.17. The Balaban J connectivity index is 1.05. The zero-order valence-electron chi connectivity index (χ0n) is 17.4. The Labute approximate surface area is 177 Å². The van der Waals surface area contributed by atoms with Crippen LogP contribution in [0.15, 0.2) is 24.3 Å². The Morgan fingerprint density at radius 1 is 0.967 bits per heavy atom. The number of anilines is 2. The summed E-state index contributed by atoms with van der Waals surface area (Å²) >= 11 is 0. The number of hydrogen-bond donors (Lipinski definition) is 3. The second-order valence-corrected chi connectivity index (χ2v) is 9.19. The molecule has 4 atom stereocenters. The summed E-state index contributed by atoms with van der Waals surface area (Å²) in [6.07, 6.45) is 0.929. The maximum atomic E-state index is 11.9. The summed E-state index contributed by atoms with van der Waals surface area (Å²) in [5.74, 6) is 1.12. The van der Waals surface area contributed by atoms with Crippen LogP contribution in [0.5, 0.6) is 0 Å². The average molecular weight is 413 g/mol. The van der Waals surface area contributed by atoms with Crippen molar-refractivity contribution >= 4 is 23.2 Å². The summed E-state index contributed by atoms with van der Waals surface area (Å²) in [5, 5.41) is 5.63. The van der Waals surface area contributed by atoms with E-state index in [-0.39, 0.29) is 17.9 Å². The van der Waals surface area contributed by atoms with Crippen LogP contribution < -0.4 is 21.3 Å². The third-order valence-corrected chi connectivity index (χ3v) is 7.25. The molecule has 8 nitrogen and oxygen atoms in total. The van der Waals surface area contributed by atoms with Gasteiger partial charge in [0.05, 0.1) is 0 Å². The third kappa shape index (κ3) is 4.17. The first kappa shape index (κ1) is 19.8. The zero-order chi connectivity index (χ0) is 20.7. The van der Waals surface area contributed by atoms with Crippen LogP contribution in [0.3, 0.4) is 0 Å². The number of fused-ring (bicyclic) bond motifs is 1. The van der Waals surface area contributed by atoms with Gasteiger partial charge in [-0.3, -0.25) is 19.8 Å². The van der Waals surface area contributed by atoms with Crippen LogP contribution in [0.25, 0.3) is 0 Å². The van der Waals surface area contributed by atoms with Gasteiger partial charge in [0.15, 0.2) is 0 Å². The predicted octanol–water partition coefficient (Wildman–Crippen LogP) is -0.0854. The molecule has 1 aromatic rings. The van der Waals surface area contributed by atoms with Gasteiger partial charge >= 0.3 is 0 Å². The first-order valence-corrected chi connectivity index (χ1v) is 11.2. The topological polar surface area (TPSA) is 93.9 Å². The molecule has 3 saturated heterocycles. The first-order chi connectivity index (χ1) is 14.6. The van der Waals surface area contributed by atoms with Gasteiger partial charge in [0.2, 0.25) is 11.8 Å². The summed E-state index contributed by atoms with van der Waals surface area (Å²) in [6, 6.07) is 8.42. The summed E-state index contributed by atoms with van der Waals surface area (Å²) < 4.78 is 0. The van der Waals surface area contributed by atoms with E-state index in [1.54, 1.807) is 0 Å². The van der Waals surface area contributed by atoms with Crippen molar-refractivity contribution in [2.24, 2.45) is 17.6 Å². The van der Waals surface area contributed by atoms with Gasteiger partial charge in [-0.05, 0) is 42.5 Å².